The van der Waals surface area contributed by atoms with E-state index in [1.807, 2.05) is 6.92 Å². The molecule has 0 bridgehead atoms. The first kappa shape index (κ1) is 16.9. The molecule has 2 N–H and O–H groups in total. The minimum absolute atomic E-state index is 0.174. The highest BCUT2D eigenvalue weighted by atomic mass is 16.5. The largest absolute Gasteiger partial charge is 0.479 e. The minimum Gasteiger partial charge on any atom is -0.479 e. The quantitative estimate of drug-likeness (QED) is 0.833. The van der Waals surface area contributed by atoms with Crippen LogP contribution >= 0.6 is 0 Å². The van der Waals surface area contributed by atoms with Crippen molar-refractivity contribution in [2.24, 2.45) is 0 Å². The molecule has 2 amide bonds. The van der Waals surface area contributed by atoms with Crippen LogP contribution in [-0.2, 0) is 22.4 Å². The van der Waals surface area contributed by atoms with E-state index in [0.717, 1.165) is 12.8 Å². The number of nitrogens with zero attached hydrogens (tertiary/aromatic N) is 2. The van der Waals surface area contributed by atoms with Crippen LogP contribution < -0.4 is 15.4 Å². The lowest BCUT2D eigenvalue weighted by molar-refractivity contribution is -0.122. The molecule has 8 nitrogen and oxygen atoms in total. The summed E-state index contributed by atoms with van der Waals surface area (Å²) in [4.78, 5) is 28.0. The predicted octanol–water partition coefficient (Wildman–Crippen LogP) is 2.31. The zero-order valence-corrected chi connectivity index (χ0v) is 14.2. The van der Waals surface area contributed by atoms with Crippen LogP contribution in [-0.4, -0.2) is 28.1 Å². The van der Waals surface area contributed by atoms with Crippen molar-refractivity contribution >= 4 is 23.2 Å². The van der Waals surface area contributed by atoms with Gasteiger partial charge in [0.25, 0.3) is 5.91 Å². The van der Waals surface area contributed by atoms with E-state index < -0.39 is 6.10 Å². The van der Waals surface area contributed by atoms with E-state index in [1.165, 1.54) is 0 Å². The average Bonchev–Trinajstić information content (AvgIpc) is 3.02. The molecule has 1 aromatic carbocycles. The number of hydrogen-bond donors (Lipinski definition) is 2. The third-order valence-electron chi connectivity index (χ3n) is 3.74. The Hall–Kier alpha value is -2.90. The molecule has 2 heterocycles. The van der Waals surface area contributed by atoms with E-state index in [4.69, 9.17) is 9.26 Å². The maximum absolute atomic E-state index is 12.1. The van der Waals surface area contributed by atoms with Gasteiger partial charge >= 0.3 is 0 Å². The van der Waals surface area contributed by atoms with E-state index in [-0.39, 0.29) is 18.2 Å². The first-order chi connectivity index (χ1) is 12.0. The Bertz CT molecular complexity index is 787. The summed E-state index contributed by atoms with van der Waals surface area (Å²) in [5.41, 5.74) is 1.13. The highest BCUT2D eigenvalue weighted by Gasteiger charge is 2.23. The molecular weight excluding hydrogens is 324 g/mol. The van der Waals surface area contributed by atoms with Gasteiger partial charge < -0.3 is 19.9 Å². The number of carbonyl (C=O) groups excluding carboxylic acids is 2. The third kappa shape index (κ3) is 4.14. The highest BCUT2D eigenvalue weighted by molar-refractivity contribution is 5.99. The summed E-state index contributed by atoms with van der Waals surface area (Å²) in [6.07, 6.45) is 1.78. The van der Waals surface area contributed by atoms with Crippen LogP contribution in [0.5, 0.6) is 5.75 Å². The zero-order chi connectivity index (χ0) is 17.8. The Kier molecular flexibility index (Phi) is 4.97. The van der Waals surface area contributed by atoms with E-state index in [0.29, 0.717) is 35.3 Å². The second-order valence-corrected chi connectivity index (χ2v) is 5.86. The van der Waals surface area contributed by atoms with Gasteiger partial charge in [-0.2, -0.15) is 4.98 Å². The summed E-state index contributed by atoms with van der Waals surface area (Å²) in [7, 11) is 0. The van der Waals surface area contributed by atoms with Crippen molar-refractivity contribution < 1.29 is 18.8 Å². The molecule has 132 valence electrons. The Labute approximate surface area is 144 Å². The van der Waals surface area contributed by atoms with E-state index >= 15 is 0 Å². The van der Waals surface area contributed by atoms with E-state index in [2.05, 4.69) is 20.8 Å². The fourth-order valence-corrected chi connectivity index (χ4v) is 2.45. The minimum atomic E-state index is -0.528. The van der Waals surface area contributed by atoms with Crippen molar-refractivity contribution in [1.82, 2.24) is 10.1 Å². The molecule has 1 aliphatic rings. The van der Waals surface area contributed by atoms with Gasteiger partial charge in [-0.15, -0.1) is 0 Å². The summed E-state index contributed by atoms with van der Waals surface area (Å²) in [6.45, 7) is 3.72. The molecular formula is C17H20N4O4. The summed E-state index contributed by atoms with van der Waals surface area (Å²) in [5, 5.41) is 9.39. The smallest absolute Gasteiger partial charge is 0.265 e. The van der Waals surface area contributed by atoms with Crippen molar-refractivity contribution in [2.75, 3.05) is 10.6 Å². The van der Waals surface area contributed by atoms with Gasteiger partial charge in [0.05, 0.1) is 5.69 Å². The Morgan fingerprint density at radius 2 is 2.20 bits per heavy atom. The summed E-state index contributed by atoms with van der Waals surface area (Å²) in [5.74, 6) is 1.32. The predicted molar refractivity (Wildman–Crippen MR) is 90.4 cm³/mol. The SMILES string of the molecule is CCCc1noc(CCC(=O)Nc2ccc3c(c2)NC(=O)[C@H](C)O3)n1. The monoisotopic (exact) mass is 344 g/mol. The average molecular weight is 344 g/mol. The molecule has 0 unspecified atom stereocenters. The van der Waals surface area contributed by atoms with Gasteiger partial charge in [-0.3, -0.25) is 9.59 Å². The number of benzene rings is 1. The maximum Gasteiger partial charge on any atom is 0.265 e. The first-order valence-electron chi connectivity index (χ1n) is 8.28. The van der Waals surface area contributed by atoms with Gasteiger partial charge in [0.1, 0.15) is 5.75 Å². The number of nitrogens with one attached hydrogen (secondary N) is 2. The van der Waals surface area contributed by atoms with Crippen LogP contribution in [0.4, 0.5) is 11.4 Å². The first-order valence-corrected chi connectivity index (χ1v) is 8.28. The number of rotatable bonds is 6. The van der Waals surface area contributed by atoms with Gasteiger partial charge in [-0.25, -0.2) is 0 Å². The molecule has 0 aliphatic carbocycles. The Balaban J connectivity index is 1.56. The second-order valence-electron chi connectivity index (χ2n) is 5.86. The van der Waals surface area contributed by atoms with Crippen molar-refractivity contribution in [3.05, 3.63) is 29.9 Å². The number of fused-ring (bicyclic) bond motifs is 1. The van der Waals surface area contributed by atoms with Crippen LogP contribution in [0.1, 0.15) is 38.4 Å². The number of carbonyl (C=O) groups is 2. The molecule has 1 aliphatic heterocycles. The van der Waals surface area contributed by atoms with Crippen LogP contribution in [0.3, 0.4) is 0 Å². The molecule has 1 atom stereocenters. The standard InChI is InChI=1S/C17H20N4O4/c1-3-4-14-20-16(25-21-14)8-7-15(22)18-11-5-6-13-12(9-11)19-17(23)10(2)24-13/h5-6,9-10H,3-4,7-8H2,1-2H3,(H,18,22)(H,19,23)/t10-/m0/s1. The molecule has 25 heavy (non-hydrogen) atoms. The lowest BCUT2D eigenvalue weighted by Crippen LogP contribution is -2.34. The maximum atomic E-state index is 12.1. The summed E-state index contributed by atoms with van der Waals surface area (Å²) < 4.78 is 10.6. The number of aromatic nitrogens is 2. The molecule has 0 saturated carbocycles. The number of aryl methyl sites for hydroxylation is 2. The molecule has 0 spiro atoms. The third-order valence-corrected chi connectivity index (χ3v) is 3.74. The van der Waals surface area contributed by atoms with Gasteiger partial charge in [0, 0.05) is 24.9 Å². The van der Waals surface area contributed by atoms with E-state index in [1.54, 1.807) is 25.1 Å². The number of anilines is 2. The number of ether oxygens (including phenoxy) is 1. The van der Waals surface area contributed by atoms with Gasteiger partial charge in [-0.05, 0) is 31.5 Å². The van der Waals surface area contributed by atoms with Crippen LogP contribution in [0, 0.1) is 0 Å². The van der Waals surface area contributed by atoms with Crippen LogP contribution in [0.15, 0.2) is 22.7 Å². The fourth-order valence-electron chi connectivity index (χ4n) is 2.45. The van der Waals surface area contributed by atoms with Gasteiger partial charge in [0.2, 0.25) is 11.8 Å². The van der Waals surface area contributed by atoms with Crippen molar-refractivity contribution in [3.63, 3.8) is 0 Å². The lowest BCUT2D eigenvalue weighted by atomic mass is 10.2. The highest BCUT2D eigenvalue weighted by Crippen LogP contribution is 2.32. The molecule has 3 rings (SSSR count). The molecule has 0 radical (unpaired) electrons. The molecule has 0 saturated heterocycles. The van der Waals surface area contributed by atoms with Crippen LogP contribution in [0.25, 0.3) is 0 Å². The Morgan fingerprint density at radius 3 is 3.00 bits per heavy atom. The number of hydrogen-bond acceptors (Lipinski definition) is 6. The fraction of sp³-hybridized carbons (Fsp3) is 0.412. The number of amides is 2. The zero-order valence-electron chi connectivity index (χ0n) is 14.2. The van der Waals surface area contributed by atoms with Crippen molar-refractivity contribution in [2.45, 2.75) is 45.6 Å². The van der Waals surface area contributed by atoms with Crippen LogP contribution in [0.2, 0.25) is 0 Å². The van der Waals surface area contributed by atoms with Crippen molar-refractivity contribution in [1.29, 1.82) is 0 Å². The molecule has 2 aromatic rings. The van der Waals surface area contributed by atoms with Crippen molar-refractivity contribution in [3.8, 4) is 5.75 Å². The topological polar surface area (TPSA) is 106 Å². The molecule has 1 aromatic heterocycles. The van der Waals surface area contributed by atoms with Gasteiger partial charge in [0.15, 0.2) is 11.9 Å². The second kappa shape index (κ2) is 7.33. The normalized spacial score (nSPS) is 15.9. The molecule has 8 heteroatoms. The lowest BCUT2D eigenvalue weighted by Gasteiger charge is -2.23. The van der Waals surface area contributed by atoms with Gasteiger partial charge in [-0.1, -0.05) is 12.1 Å². The summed E-state index contributed by atoms with van der Waals surface area (Å²) >= 11 is 0. The van der Waals surface area contributed by atoms with E-state index in [9.17, 15) is 9.59 Å². The Morgan fingerprint density at radius 1 is 1.36 bits per heavy atom. The molecule has 0 fully saturated rings. The summed E-state index contributed by atoms with van der Waals surface area (Å²) in [6, 6.07) is 5.12.